The third-order valence-electron chi connectivity index (χ3n) is 4.45. The van der Waals surface area contributed by atoms with Crippen molar-refractivity contribution in [3.63, 3.8) is 0 Å². The molecule has 0 saturated carbocycles. The topological polar surface area (TPSA) is 42.9 Å². The quantitative estimate of drug-likeness (QED) is 0.456. The molecule has 1 aliphatic heterocycles. The van der Waals surface area contributed by atoms with Crippen LogP contribution in [0.4, 0.5) is 5.69 Å². The van der Waals surface area contributed by atoms with Gasteiger partial charge in [-0.25, -0.2) is 0 Å². The Balaban J connectivity index is 1.63. The SMILES string of the molecule is CCCNC(=NC)NCCCN1CCN(c2cccc(C)c2)CC1. The van der Waals surface area contributed by atoms with E-state index in [-0.39, 0.29) is 0 Å². The van der Waals surface area contributed by atoms with E-state index in [1.54, 1.807) is 0 Å². The van der Waals surface area contributed by atoms with Crippen molar-refractivity contribution >= 4 is 11.6 Å². The number of nitrogens with zero attached hydrogens (tertiary/aromatic N) is 3. The Hall–Kier alpha value is -1.75. The molecule has 0 unspecified atom stereocenters. The number of guanidine groups is 1. The number of anilines is 1. The van der Waals surface area contributed by atoms with E-state index in [2.05, 4.69) is 63.5 Å². The van der Waals surface area contributed by atoms with E-state index in [9.17, 15) is 0 Å². The minimum absolute atomic E-state index is 0.918. The molecule has 2 N–H and O–H groups in total. The van der Waals surface area contributed by atoms with Crippen LogP contribution in [-0.2, 0) is 0 Å². The van der Waals surface area contributed by atoms with E-state index in [1.807, 2.05) is 7.05 Å². The molecule has 0 atom stereocenters. The van der Waals surface area contributed by atoms with Crippen LogP contribution >= 0.6 is 0 Å². The van der Waals surface area contributed by atoms with Crippen LogP contribution in [0.5, 0.6) is 0 Å². The lowest BCUT2D eigenvalue weighted by Crippen LogP contribution is -2.47. The van der Waals surface area contributed by atoms with Gasteiger partial charge in [-0.3, -0.25) is 9.89 Å². The molecule has 1 aliphatic rings. The summed E-state index contributed by atoms with van der Waals surface area (Å²) in [6.07, 6.45) is 2.27. The third-order valence-corrected chi connectivity index (χ3v) is 4.45. The smallest absolute Gasteiger partial charge is 0.190 e. The summed E-state index contributed by atoms with van der Waals surface area (Å²) in [5.41, 5.74) is 2.70. The van der Waals surface area contributed by atoms with Crippen LogP contribution in [0.1, 0.15) is 25.3 Å². The molecule has 1 saturated heterocycles. The second-order valence-electron chi connectivity index (χ2n) is 6.45. The lowest BCUT2D eigenvalue weighted by Gasteiger charge is -2.36. The highest BCUT2D eigenvalue weighted by molar-refractivity contribution is 5.79. The standard InChI is InChI=1S/C19H33N5/c1-4-9-21-19(20-3)22-10-6-11-23-12-14-24(15-13-23)18-8-5-7-17(2)16-18/h5,7-8,16H,4,6,9-15H2,1-3H3,(H2,20,21,22). The van der Waals surface area contributed by atoms with E-state index in [1.165, 1.54) is 11.3 Å². The maximum atomic E-state index is 4.23. The van der Waals surface area contributed by atoms with Crippen LogP contribution in [0, 0.1) is 6.92 Å². The Morgan fingerprint density at radius 1 is 1.12 bits per heavy atom. The Labute approximate surface area is 147 Å². The van der Waals surface area contributed by atoms with Gasteiger partial charge in [0.1, 0.15) is 0 Å². The lowest BCUT2D eigenvalue weighted by atomic mass is 10.2. The van der Waals surface area contributed by atoms with Crippen LogP contribution in [0.15, 0.2) is 29.3 Å². The maximum absolute atomic E-state index is 4.23. The molecule has 24 heavy (non-hydrogen) atoms. The van der Waals surface area contributed by atoms with Crippen molar-refractivity contribution in [3.05, 3.63) is 29.8 Å². The molecule has 1 aromatic rings. The normalized spacial score (nSPS) is 16.3. The Morgan fingerprint density at radius 3 is 2.54 bits per heavy atom. The number of benzene rings is 1. The van der Waals surface area contributed by atoms with Gasteiger partial charge in [0.2, 0.25) is 0 Å². The fourth-order valence-corrected chi connectivity index (χ4v) is 3.03. The molecular weight excluding hydrogens is 298 g/mol. The van der Waals surface area contributed by atoms with E-state index in [0.29, 0.717) is 0 Å². The zero-order valence-corrected chi connectivity index (χ0v) is 15.5. The number of hydrogen-bond donors (Lipinski definition) is 2. The third kappa shape index (κ3) is 6.04. The summed E-state index contributed by atoms with van der Waals surface area (Å²) in [5, 5.41) is 6.69. The van der Waals surface area contributed by atoms with Crippen molar-refractivity contribution in [2.75, 3.05) is 57.8 Å². The van der Waals surface area contributed by atoms with Crippen LogP contribution in [-0.4, -0.2) is 63.7 Å². The molecule has 0 radical (unpaired) electrons. The number of aryl methyl sites for hydroxylation is 1. The lowest BCUT2D eigenvalue weighted by molar-refractivity contribution is 0.255. The Morgan fingerprint density at radius 2 is 1.88 bits per heavy atom. The minimum Gasteiger partial charge on any atom is -0.369 e. The average Bonchev–Trinajstić information content (AvgIpc) is 2.61. The molecule has 5 nitrogen and oxygen atoms in total. The molecule has 1 fully saturated rings. The van der Waals surface area contributed by atoms with Gasteiger partial charge in [-0.15, -0.1) is 0 Å². The van der Waals surface area contributed by atoms with Crippen LogP contribution in [0.25, 0.3) is 0 Å². The van der Waals surface area contributed by atoms with E-state index >= 15 is 0 Å². The minimum atomic E-state index is 0.918. The van der Waals surface area contributed by atoms with Crippen molar-refractivity contribution in [3.8, 4) is 0 Å². The van der Waals surface area contributed by atoms with Gasteiger partial charge < -0.3 is 15.5 Å². The van der Waals surface area contributed by atoms with Crippen LogP contribution < -0.4 is 15.5 Å². The summed E-state index contributed by atoms with van der Waals surface area (Å²) < 4.78 is 0. The van der Waals surface area contributed by atoms with Gasteiger partial charge in [-0.05, 0) is 44.0 Å². The number of rotatable bonds is 7. The van der Waals surface area contributed by atoms with Gasteiger partial charge in [0.05, 0.1) is 0 Å². The number of hydrogen-bond acceptors (Lipinski definition) is 3. The second-order valence-corrected chi connectivity index (χ2v) is 6.45. The molecule has 0 amide bonds. The van der Waals surface area contributed by atoms with Crippen molar-refractivity contribution < 1.29 is 0 Å². The highest BCUT2D eigenvalue weighted by atomic mass is 15.3. The summed E-state index contributed by atoms with van der Waals surface area (Å²) in [6, 6.07) is 8.83. The van der Waals surface area contributed by atoms with Gasteiger partial charge in [-0.2, -0.15) is 0 Å². The first-order chi connectivity index (χ1) is 11.7. The van der Waals surface area contributed by atoms with E-state index in [4.69, 9.17) is 0 Å². The molecule has 1 aromatic carbocycles. The van der Waals surface area contributed by atoms with Crippen molar-refractivity contribution in [1.82, 2.24) is 15.5 Å². The molecule has 0 bridgehead atoms. The maximum Gasteiger partial charge on any atom is 0.190 e. The predicted molar refractivity (Wildman–Crippen MR) is 104 cm³/mol. The number of aliphatic imine (C=N–C) groups is 1. The fourth-order valence-electron chi connectivity index (χ4n) is 3.03. The molecule has 2 rings (SSSR count). The van der Waals surface area contributed by atoms with E-state index in [0.717, 1.165) is 64.6 Å². The van der Waals surface area contributed by atoms with Crippen molar-refractivity contribution in [2.45, 2.75) is 26.7 Å². The second kappa shape index (κ2) is 10.2. The van der Waals surface area contributed by atoms with Gasteiger partial charge in [0.15, 0.2) is 5.96 Å². The Bertz CT molecular complexity index is 506. The first kappa shape index (κ1) is 18.6. The van der Waals surface area contributed by atoms with Crippen molar-refractivity contribution in [2.24, 2.45) is 4.99 Å². The molecule has 134 valence electrons. The largest absolute Gasteiger partial charge is 0.369 e. The fraction of sp³-hybridized carbons (Fsp3) is 0.632. The summed E-state index contributed by atoms with van der Waals surface area (Å²) in [6.45, 7) is 12.0. The molecule has 5 heteroatoms. The molecule has 1 heterocycles. The Kier molecular flexibility index (Phi) is 7.89. The first-order valence-electron chi connectivity index (χ1n) is 9.21. The van der Waals surface area contributed by atoms with Crippen LogP contribution in [0.2, 0.25) is 0 Å². The van der Waals surface area contributed by atoms with E-state index < -0.39 is 0 Å². The predicted octanol–water partition coefficient (Wildman–Crippen LogP) is 2.08. The summed E-state index contributed by atoms with van der Waals surface area (Å²) >= 11 is 0. The molecular formula is C19H33N5. The zero-order chi connectivity index (χ0) is 17.2. The molecule has 0 aromatic heterocycles. The zero-order valence-electron chi connectivity index (χ0n) is 15.5. The van der Waals surface area contributed by atoms with Gasteiger partial charge >= 0.3 is 0 Å². The van der Waals surface area contributed by atoms with Crippen LogP contribution in [0.3, 0.4) is 0 Å². The number of piperazine rings is 1. The molecule has 0 aliphatic carbocycles. The highest BCUT2D eigenvalue weighted by Crippen LogP contribution is 2.17. The number of nitrogens with one attached hydrogen (secondary N) is 2. The first-order valence-corrected chi connectivity index (χ1v) is 9.21. The van der Waals surface area contributed by atoms with Crippen molar-refractivity contribution in [1.29, 1.82) is 0 Å². The molecule has 0 spiro atoms. The summed E-state index contributed by atoms with van der Waals surface area (Å²) in [7, 11) is 1.83. The summed E-state index contributed by atoms with van der Waals surface area (Å²) in [5.74, 6) is 0.918. The summed E-state index contributed by atoms with van der Waals surface area (Å²) in [4.78, 5) is 9.30. The monoisotopic (exact) mass is 331 g/mol. The van der Waals surface area contributed by atoms with Gasteiger partial charge in [0.25, 0.3) is 0 Å². The average molecular weight is 332 g/mol. The van der Waals surface area contributed by atoms with Gasteiger partial charge in [0, 0.05) is 52.0 Å². The highest BCUT2D eigenvalue weighted by Gasteiger charge is 2.16. The van der Waals surface area contributed by atoms with Gasteiger partial charge in [-0.1, -0.05) is 19.1 Å².